The first-order valence-electron chi connectivity index (χ1n) is 7.85. The number of hydrogen-bond donors (Lipinski definition) is 3. The molecule has 0 aromatic heterocycles. The van der Waals surface area contributed by atoms with Crippen LogP contribution in [-0.4, -0.2) is 31.4 Å². The molecular formula is C17H26ClN3O2. The molecule has 5 nitrogen and oxygen atoms in total. The SMILES string of the molecule is Cc1cc(C(=O)NCC2CNC2)ccc1NC(=O)CC(C)C.Cl. The fourth-order valence-corrected chi connectivity index (χ4v) is 2.35. The number of anilines is 1. The van der Waals surface area contributed by atoms with Gasteiger partial charge in [0, 0.05) is 43.2 Å². The predicted molar refractivity (Wildman–Crippen MR) is 95.2 cm³/mol. The Kier molecular flexibility index (Phi) is 7.52. The highest BCUT2D eigenvalue weighted by Gasteiger charge is 2.18. The van der Waals surface area contributed by atoms with Gasteiger partial charge < -0.3 is 16.0 Å². The van der Waals surface area contributed by atoms with Crippen molar-refractivity contribution in [2.75, 3.05) is 25.0 Å². The number of rotatable bonds is 6. The first kappa shape index (κ1) is 19.5. The van der Waals surface area contributed by atoms with Gasteiger partial charge in [0.2, 0.25) is 5.91 Å². The zero-order chi connectivity index (χ0) is 16.1. The molecule has 2 amide bonds. The Morgan fingerprint density at radius 2 is 2.00 bits per heavy atom. The van der Waals surface area contributed by atoms with Crippen molar-refractivity contribution in [2.45, 2.75) is 27.2 Å². The summed E-state index contributed by atoms with van der Waals surface area (Å²) in [5.41, 5.74) is 2.30. The van der Waals surface area contributed by atoms with E-state index < -0.39 is 0 Å². The van der Waals surface area contributed by atoms with Gasteiger partial charge in [0.1, 0.15) is 0 Å². The normalized spacial score (nSPS) is 13.9. The van der Waals surface area contributed by atoms with E-state index in [4.69, 9.17) is 0 Å². The van der Waals surface area contributed by atoms with E-state index in [0.717, 1.165) is 24.3 Å². The maximum atomic E-state index is 12.1. The Labute approximate surface area is 144 Å². The van der Waals surface area contributed by atoms with Crippen molar-refractivity contribution in [3.8, 4) is 0 Å². The Morgan fingerprint density at radius 1 is 1.30 bits per heavy atom. The largest absolute Gasteiger partial charge is 0.352 e. The molecule has 0 aliphatic carbocycles. The van der Waals surface area contributed by atoms with E-state index in [1.807, 2.05) is 26.8 Å². The molecule has 0 spiro atoms. The summed E-state index contributed by atoms with van der Waals surface area (Å²) in [6, 6.07) is 5.37. The smallest absolute Gasteiger partial charge is 0.251 e. The highest BCUT2D eigenvalue weighted by Crippen LogP contribution is 2.17. The zero-order valence-corrected chi connectivity index (χ0v) is 14.8. The number of carbonyl (C=O) groups is 2. The lowest BCUT2D eigenvalue weighted by Crippen LogP contribution is -2.48. The minimum absolute atomic E-state index is 0. The van der Waals surface area contributed by atoms with Gasteiger partial charge in [-0.1, -0.05) is 13.8 Å². The van der Waals surface area contributed by atoms with Crippen LogP contribution in [-0.2, 0) is 4.79 Å². The number of amides is 2. The van der Waals surface area contributed by atoms with Crippen molar-refractivity contribution < 1.29 is 9.59 Å². The van der Waals surface area contributed by atoms with Crippen LogP contribution >= 0.6 is 12.4 Å². The van der Waals surface area contributed by atoms with Crippen molar-refractivity contribution in [1.82, 2.24) is 10.6 Å². The van der Waals surface area contributed by atoms with Crippen molar-refractivity contribution in [1.29, 1.82) is 0 Å². The van der Waals surface area contributed by atoms with Gasteiger partial charge in [0.05, 0.1) is 0 Å². The van der Waals surface area contributed by atoms with Crippen LogP contribution in [0.15, 0.2) is 18.2 Å². The lowest BCUT2D eigenvalue weighted by Gasteiger charge is -2.27. The molecule has 1 heterocycles. The number of nitrogens with one attached hydrogen (secondary N) is 3. The number of carbonyl (C=O) groups excluding carboxylic acids is 2. The summed E-state index contributed by atoms with van der Waals surface area (Å²) < 4.78 is 0. The average Bonchev–Trinajstić information content (AvgIpc) is 2.38. The highest BCUT2D eigenvalue weighted by atomic mass is 35.5. The Bertz CT molecular complexity index is 557. The molecule has 0 bridgehead atoms. The standard InChI is InChI=1S/C17H25N3O2.ClH/c1-11(2)6-16(21)20-15-5-4-14(7-12(15)3)17(22)19-10-13-8-18-9-13;/h4-5,7,11,13,18H,6,8-10H2,1-3H3,(H,19,22)(H,20,21);1H. The molecule has 0 saturated carbocycles. The van der Waals surface area contributed by atoms with Gasteiger partial charge in [-0.15, -0.1) is 12.4 Å². The van der Waals surface area contributed by atoms with E-state index in [2.05, 4.69) is 16.0 Å². The number of hydrogen-bond acceptors (Lipinski definition) is 3. The highest BCUT2D eigenvalue weighted by molar-refractivity contribution is 5.96. The van der Waals surface area contributed by atoms with Crippen molar-refractivity contribution in [3.63, 3.8) is 0 Å². The van der Waals surface area contributed by atoms with Crippen LogP contribution in [0.4, 0.5) is 5.69 Å². The summed E-state index contributed by atoms with van der Waals surface area (Å²) in [5, 5.41) is 9.03. The lowest BCUT2D eigenvalue weighted by atomic mass is 10.0. The van der Waals surface area contributed by atoms with Gasteiger partial charge in [0.25, 0.3) is 5.91 Å². The molecule has 1 aromatic rings. The minimum Gasteiger partial charge on any atom is -0.352 e. The van der Waals surface area contributed by atoms with E-state index in [-0.39, 0.29) is 24.2 Å². The summed E-state index contributed by atoms with van der Waals surface area (Å²) in [6.07, 6.45) is 0.497. The van der Waals surface area contributed by atoms with Crippen LogP contribution in [0.25, 0.3) is 0 Å². The molecular weight excluding hydrogens is 314 g/mol. The van der Waals surface area contributed by atoms with E-state index >= 15 is 0 Å². The molecule has 1 aliphatic heterocycles. The number of benzene rings is 1. The minimum atomic E-state index is -0.0601. The van der Waals surface area contributed by atoms with Gasteiger partial charge in [-0.25, -0.2) is 0 Å². The first-order chi connectivity index (χ1) is 10.5. The molecule has 0 atom stereocenters. The van der Waals surface area contributed by atoms with Crippen LogP contribution < -0.4 is 16.0 Å². The maximum Gasteiger partial charge on any atom is 0.251 e. The van der Waals surface area contributed by atoms with Gasteiger partial charge in [-0.3, -0.25) is 9.59 Å². The molecule has 1 fully saturated rings. The molecule has 128 valence electrons. The third-order valence-corrected chi connectivity index (χ3v) is 3.77. The Hall–Kier alpha value is -1.59. The summed E-state index contributed by atoms with van der Waals surface area (Å²) >= 11 is 0. The van der Waals surface area contributed by atoms with E-state index in [1.54, 1.807) is 12.1 Å². The summed E-state index contributed by atoms with van der Waals surface area (Å²) in [5.74, 6) is 0.814. The molecule has 1 saturated heterocycles. The second kappa shape index (κ2) is 8.89. The number of halogens is 1. The van der Waals surface area contributed by atoms with Gasteiger partial charge >= 0.3 is 0 Å². The van der Waals surface area contributed by atoms with Crippen LogP contribution in [0, 0.1) is 18.8 Å². The van der Waals surface area contributed by atoms with Crippen LogP contribution in [0.2, 0.25) is 0 Å². The van der Waals surface area contributed by atoms with Crippen LogP contribution in [0.5, 0.6) is 0 Å². The zero-order valence-electron chi connectivity index (χ0n) is 13.9. The first-order valence-corrected chi connectivity index (χ1v) is 7.85. The summed E-state index contributed by atoms with van der Waals surface area (Å²) in [6.45, 7) is 8.57. The lowest BCUT2D eigenvalue weighted by molar-refractivity contribution is -0.116. The van der Waals surface area contributed by atoms with Gasteiger partial charge in [-0.2, -0.15) is 0 Å². The van der Waals surface area contributed by atoms with E-state index in [1.165, 1.54) is 0 Å². The van der Waals surface area contributed by atoms with Crippen molar-refractivity contribution in [2.24, 2.45) is 11.8 Å². The second-order valence-electron chi connectivity index (χ2n) is 6.41. The summed E-state index contributed by atoms with van der Waals surface area (Å²) in [7, 11) is 0. The number of aryl methyl sites for hydroxylation is 1. The molecule has 3 N–H and O–H groups in total. The third-order valence-electron chi connectivity index (χ3n) is 3.77. The third kappa shape index (κ3) is 5.84. The molecule has 0 unspecified atom stereocenters. The van der Waals surface area contributed by atoms with Crippen LogP contribution in [0.3, 0.4) is 0 Å². The molecule has 1 aliphatic rings. The molecule has 23 heavy (non-hydrogen) atoms. The fraction of sp³-hybridized carbons (Fsp3) is 0.529. The Morgan fingerprint density at radius 3 is 2.52 bits per heavy atom. The summed E-state index contributed by atoms with van der Waals surface area (Å²) in [4.78, 5) is 23.9. The topological polar surface area (TPSA) is 70.2 Å². The molecule has 2 rings (SSSR count). The van der Waals surface area contributed by atoms with Crippen molar-refractivity contribution >= 4 is 29.9 Å². The van der Waals surface area contributed by atoms with Gasteiger partial charge in [0.15, 0.2) is 0 Å². The predicted octanol–water partition coefficient (Wildman–Crippen LogP) is 2.35. The fourth-order valence-electron chi connectivity index (χ4n) is 2.35. The molecule has 1 aromatic carbocycles. The monoisotopic (exact) mass is 339 g/mol. The van der Waals surface area contributed by atoms with E-state index in [9.17, 15) is 9.59 Å². The molecule has 6 heteroatoms. The van der Waals surface area contributed by atoms with E-state index in [0.29, 0.717) is 30.4 Å². The quantitative estimate of drug-likeness (QED) is 0.745. The van der Waals surface area contributed by atoms with Crippen LogP contribution in [0.1, 0.15) is 36.2 Å². The van der Waals surface area contributed by atoms with Gasteiger partial charge in [-0.05, 0) is 36.6 Å². The maximum absolute atomic E-state index is 12.1. The second-order valence-corrected chi connectivity index (χ2v) is 6.41. The Balaban J connectivity index is 0.00000264. The van der Waals surface area contributed by atoms with Crippen molar-refractivity contribution in [3.05, 3.63) is 29.3 Å². The average molecular weight is 340 g/mol. The molecule has 0 radical (unpaired) electrons.